The molecule has 0 bridgehead atoms. The summed E-state index contributed by atoms with van der Waals surface area (Å²) in [4.78, 5) is 236. The number of amides is 13. The number of nitrogens with zero attached hydrogens (tertiary/aromatic N) is 5. The zero-order valence-corrected chi connectivity index (χ0v) is 64.8. The number of H-pyrrole nitrogens is 2. The van der Waals surface area contributed by atoms with Crippen molar-refractivity contribution >= 4 is 128 Å². The molecule has 5 rings (SSSR count). The number of hydrogen-bond donors (Lipinski definition) is 20. The van der Waals surface area contributed by atoms with Gasteiger partial charge in [0.05, 0.1) is 64.2 Å². The molecule has 0 aliphatic rings. The minimum absolute atomic E-state index is 0.0150. The van der Waals surface area contributed by atoms with E-state index in [-0.39, 0.29) is 122 Å². The number of carboxylic acids is 4. The van der Waals surface area contributed by atoms with Crippen molar-refractivity contribution in [3.63, 3.8) is 0 Å². The molecular weight excluding hydrogens is 1520 g/mol. The molecule has 13 amide bonds. The maximum atomic E-state index is 14.5. The van der Waals surface area contributed by atoms with Crippen molar-refractivity contribution in [3.05, 3.63) is 91.0 Å². The van der Waals surface area contributed by atoms with Crippen LogP contribution in [0.4, 0.5) is 5.69 Å². The Bertz CT molecular complexity index is 4100. The number of aromatic nitrogens is 4. The summed E-state index contributed by atoms with van der Waals surface area (Å²) < 4.78 is 0. The molecule has 5 aromatic rings. The molecule has 0 spiro atoms. The van der Waals surface area contributed by atoms with E-state index in [2.05, 4.69) is 89.1 Å². The predicted octanol–water partition coefficient (Wildman–Crippen LogP) is -4.37. The number of benzene rings is 3. The van der Waals surface area contributed by atoms with Crippen LogP contribution in [0.25, 0.3) is 21.5 Å². The first-order valence-corrected chi connectivity index (χ1v) is 37.7. The lowest BCUT2D eigenvalue weighted by molar-refractivity contribution is -0.143. The number of primary amides is 1. The summed E-state index contributed by atoms with van der Waals surface area (Å²) in [5.74, 6) is -15.1. The number of carbonyl (C=O) groups is 17. The zero-order chi connectivity index (χ0) is 85.1. The van der Waals surface area contributed by atoms with Gasteiger partial charge in [0.2, 0.25) is 76.8 Å². The number of carbonyl (C=O) groups excluding carboxylic acids is 13. The number of aromatic amines is 2. The van der Waals surface area contributed by atoms with Gasteiger partial charge in [-0.15, -0.1) is 0 Å². The molecule has 116 heavy (non-hydrogen) atoms. The smallest absolute Gasteiger partial charge is 0.317 e. The van der Waals surface area contributed by atoms with Gasteiger partial charge in [-0.2, -0.15) is 0 Å². The molecule has 0 aliphatic heterocycles. The van der Waals surface area contributed by atoms with Gasteiger partial charge in [0, 0.05) is 132 Å². The van der Waals surface area contributed by atoms with Crippen molar-refractivity contribution in [1.29, 1.82) is 0 Å². The highest BCUT2D eigenvalue weighted by Crippen LogP contribution is 2.33. The standard InChI is InChI=1S/C74H105N21O21/c1-45(87-68-52-14-6-4-12-48(52)32-49-13-5-7-15-53(49)68)70(112)84-35-56(90-63(102)38-94(40-65(105)106)30-28-93(39-64(103)104)29-31-95(41-66(107)108)42-67(109)110)74(116)89-47(3)72(114)92-55(17-9-11-25-79-62(101)37-83-60(99)21-19-58(97)81-27-23-51-34-77-44-86-51)73(115)88-46(2)71(113)91-54(69(75)111)16-8-10-24-78-61(100)36-82-59(98)20-18-57(96)80-26-22-50-33-76-43-85-50/h4-7,12-15,32-34,43-47,54-56,87H,8-11,16-31,35-42H2,1-3H3,(H2,75,111)(H,76,85)(H,77,86)(H,78,100)(H,79,101)(H,80,96)(H,81,97)(H,82,98)(H,83,99)(H,84,112)(H,88,115)(H,89,116)(H,90,102)(H,91,113)(H,92,114)(H,103,104)(H,105,106)(H,107,108)(H,109,110)/t45-,46+,47+,54+,55+,56-/m0/s1. The van der Waals surface area contributed by atoms with E-state index < -0.39 is 171 Å². The van der Waals surface area contributed by atoms with E-state index in [1.165, 1.54) is 31.4 Å². The normalized spacial score (nSPS) is 12.6. The van der Waals surface area contributed by atoms with Crippen LogP contribution in [0.3, 0.4) is 0 Å². The quantitative estimate of drug-likeness (QED) is 0.0129. The Labute approximate surface area is 666 Å². The second kappa shape index (κ2) is 50.4. The fourth-order valence-electron chi connectivity index (χ4n) is 11.6. The van der Waals surface area contributed by atoms with Crippen LogP contribution in [-0.2, 0) is 94.3 Å². The fraction of sp³-hybridized carbons (Fsp3) is 0.500. The largest absolute Gasteiger partial charge is 0.480 e. The number of hydrogen-bond acceptors (Lipinski definition) is 23. The van der Waals surface area contributed by atoms with E-state index in [0.29, 0.717) is 31.6 Å². The highest BCUT2D eigenvalue weighted by Gasteiger charge is 2.32. The molecule has 42 nitrogen and oxygen atoms in total. The van der Waals surface area contributed by atoms with E-state index in [4.69, 9.17) is 5.73 Å². The average Bonchev–Trinajstić information content (AvgIpc) is 0.780. The van der Waals surface area contributed by atoms with Crippen LogP contribution in [0.15, 0.2) is 79.6 Å². The van der Waals surface area contributed by atoms with Crippen LogP contribution >= 0.6 is 0 Å². The van der Waals surface area contributed by atoms with Gasteiger partial charge in [0.15, 0.2) is 0 Å². The monoisotopic (exact) mass is 1620 g/mol. The Balaban J connectivity index is 1.26. The molecule has 6 atom stereocenters. The van der Waals surface area contributed by atoms with Crippen molar-refractivity contribution in [2.24, 2.45) is 5.73 Å². The molecule has 3 aromatic carbocycles. The van der Waals surface area contributed by atoms with Gasteiger partial charge in [0.25, 0.3) is 0 Å². The second-order valence-electron chi connectivity index (χ2n) is 27.3. The van der Waals surface area contributed by atoms with Crippen LogP contribution < -0.4 is 74.9 Å². The molecule has 21 N–H and O–H groups in total. The molecule has 0 saturated heterocycles. The van der Waals surface area contributed by atoms with Crippen LogP contribution in [0.2, 0.25) is 0 Å². The highest BCUT2D eigenvalue weighted by molar-refractivity contribution is 6.12. The Hall–Kier alpha value is -12.7. The number of aliphatic carboxylic acids is 4. The number of nitrogens with two attached hydrogens (primary N) is 1. The molecule has 2 heterocycles. The Morgan fingerprint density at radius 3 is 1.24 bits per heavy atom. The van der Waals surface area contributed by atoms with Gasteiger partial charge < -0.3 is 105 Å². The van der Waals surface area contributed by atoms with E-state index in [1.807, 2.05) is 54.6 Å². The highest BCUT2D eigenvalue weighted by atomic mass is 16.4. The molecule has 42 heteroatoms. The lowest BCUT2D eigenvalue weighted by Gasteiger charge is -2.28. The third-order valence-electron chi connectivity index (χ3n) is 17.8. The summed E-state index contributed by atoms with van der Waals surface area (Å²) >= 11 is 0. The number of carboxylic acid groups (broad SMARTS) is 4. The summed E-state index contributed by atoms with van der Waals surface area (Å²) in [5.41, 5.74) is 7.89. The first kappa shape index (κ1) is 93.9. The fourth-order valence-corrected chi connectivity index (χ4v) is 11.6. The first-order chi connectivity index (χ1) is 55.3. The van der Waals surface area contributed by atoms with E-state index >= 15 is 0 Å². The van der Waals surface area contributed by atoms with Gasteiger partial charge in [-0.25, -0.2) is 9.97 Å². The molecule has 0 unspecified atom stereocenters. The summed E-state index contributed by atoms with van der Waals surface area (Å²) in [6.45, 7) is -1.52. The maximum absolute atomic E-state index is 14.5. The maximum Gasteiger partial charge on any atom is 0.317 e. The molecule has 0 aliphatic carbocycles. The lowest BCUT2D eigenvalue weighted by Crippen LogP contribution is -2.60. The van der Waals surface area contributed by atoms with E-state index in [9.17, 15) is 102 Å². The molecule has 0 radical (unpaired) electrons. The average molecular weight is 1620 g/mol. The number of rotatable bonds is 57. The first-order valence-electron chi connectivity index (χ1n) is 37.7. The summed E-state index contributed by atoms with van der Waals surface area (Å²) in [5, 5.41) is 75.4. The van der Waals surface area contributed by atoms with Gasteiger partial charge >= 0.3 is 23.9 Å². The number of imidazole rings is 2. The number of fused-ring (bicyclic) bond motifs is 2. The number of anilines is 1. The minimum Gasteiger partial charge on any atom is -0.480 e. The Morgan fingerprint density at radius 1 is 0.405 bits per heavy atom. The van der Waals surface area contributed by atoms with Crippen LogP contribution in [0.5, 0.6) is 0 Å². The molecular formula is C74H105N21O21. The number of unbranched alkanes of at least 4 members (excludes halogenated alkanes) is 2. The zero-order valence-electron chi connectivity index (χ0n) is 64.8. The number of nitrogens with one attached hydrogen (secondary N) is 15. The lowest BCUT2D eigenvalue weighted by atomic mass is 10.0. The minimum atomic E-state index is -1.76. The topological polar surface area (TPSA) is 621 Å². The Kier molecular flexibility index (Phi) is 40.8. The van der Waals surface area contributed by atoms with Crippen LogP contribution in [0, 0.1) is 0 Å². The van der Waals surface area contributed by atoms with Crippen molar-refractivity contribution in [2.45, 2.75) is 134 Å². The van der Waals surface area contributed by atoms with Crippen LogP contribution in [0.1, 0.15) is 96.4 Å². The van der Waals surface area contributed by atoms with Crippen LogP contribution in [-0.4, -0.2) is 297 Å². The van der Waals surface area contributed by atoms with Gasteiger partial charge in [-0.05, 0) is 76.1 Å². The predicted molar refractivity (Wildman–Crippen MR) is 416 cm³/mol. The van der Waals surface area contributed by atoms with Crippen molar-refractivity contribution in [3.8, 4) is 0 Å². The van der Waals surface area contributed by atoms with Crippen molar-refractivity contribution in [1.82, 2.24) is 98.4 Å². The van der Waals surface area contributed by atoms with Crippen molar-refractivity contribution in [2.75, 3.05) is 110 Å². The molecule has 0 fully saturated rings. The van der Waals surface area contributed by atoms with Gasteiger partial charge in [-0.1, -0.05) is 48.5 Å². The third-order valence-corrected chi connectivity index (χ3v) is 17.8. The SMILES string of the molecule is C[C@H](Nc1c2ccccc2cc2ccccc12)C(=O)NC[C@H](NC(=O)CN(CCN(CCN(CC(=O)O)CC(=O)O)CC(=O)O)CC(=O)O)C(=O)N[C@H](C)C(=O)N[C@H](CCCCNC(=O)CNC(=O)CCC(=O)NCCc1cnc[nH]1)C(=O)N[C@H](C)C(=O)N[C@H](CCCCNC(=O)CNC(=O)CCC(=O)NCCc1cnc[nH]1)C(N)=O. The summed E-state index contributed by atoms with van der Waals surface area (Å²) in [6.07, 6.45) is 7.17. The Morgan fingerprint density at radius 2 is 0.802 bits per heavy atom. The molecule has 0 saturated carbocycles. The molecule has 632 valence electrons. The van der Waals surface area contributed by atoms with Gasteiger partial charge in [0.1, 0.15) is 36.3 Å². The van der Waals surface area contributed by atoms with E-state index in [0.717, 1.165) is 42.7 Å². The van der Waals surface area contributed by atoms with Gasteiger partial charge in [-0.3, -0.25) is 96.2 Å². The van der Waals surface area contributed by atoms with Crippen molar-refractivity contribution < 1.29 is 102 Å². The van der Waals surface area contributed by atoms with E-state index in [1.54, 1.807) is 19.3 Å². The summed E-state index contributed by atoms with van der Waals surface area (Å²) in [7, 11) is 0. The second-order valence-corrected chi connectivity index (χ2v) is 27.3. The molecule has 2 aromatic heterocycles. The summed E-state index contributed by atoms with van der Waals surface area (Å²) in [6, 6.07) is 8.26. The third kappa shape index (κ3) is 36.8.